The molecule has 2 atom stereocenters. The number of Topliss-reactive ketones (excluding diaryl/α,β-unsaturated/α-hetero) is 1. The number of hydrogen-bond donors (Lipinski definition) is 0. The van der Waals surface area contributed by atoms with Crippen molar-refractivity contribution in [2.45, 2.75) is 38.5 Å². The van der Waals surface area contributed by atoms with Crippen LogP contribution in [0.15, 0.2) is 102 Å². The molecule has 2 aromatic rings. The van der Waals surface area contributed by atoms with Crippen molar-refractivity contribution in [1.29, 1.82) is 0 Å². The summed E-state index contributed by atoms with van der Waals surface area (Å²) < 4.78 is 0. The minimum absolute atomic E-state index is 0.0903. The zero-order valence-corrected chi connectivity index (χ0v) is 18.2. The second kappa shape index (κ2) is 8.19. The Kier molecular flexibility index (Phi) is 5.23. The number of carbonyl (C=O) groups excluding carboxylic acids is 1. The highest BCUT2D eigenvalue weighted by molar-refractivity contribution is 5.97. The third-order valence-electron chi connectivity index (χ3n) is 6.74. The lowest BCUT2D eigenvalue weighted by molar-refractivity contribution is -0.116. The molecule has 1 aliphatic carbocycles. The van der Waals surface area contributed by atoms with Crippen molar-refractivity contribution >= 4 is 16.6 Å². The predicted molar refractivity (Wildman–Crippen MR) is 129 cm³/mol. The smallest absolute Gasteiger partial charge is 0.159 e. The van der Waals surface area contributed by atoms with Gasteiger partial charge in [-0.2, -0.15) is 0 Å². The lowest BCUT2D eigenvalue weighted by atomic mass is 9.73. The normalized spacial score (nSPS) is 22.4. The minimum atomic E-state index is 0.0903. The number of unbranched alkanes of at least 4 members (excludes halogenated alkanes) is 1. The number of carbonyl (C=O) groups is 1. The van der Waals surface area contributed by atoms with Crippen LogP contribution in [0.2, 0.25) is 0 Å². The number of ketones is 1. The zero-order valence-electron chi connectivity index (χ0n) is 18.2. The first kappa shape index (κ1) is 19.8. The van der Waals surface area contributed by atoms with Gasteiger partial charge in [0.15, 0.2) is 5.78 Å². The van der Waals surface area contributed by atoms with E-state index in [2.05, 4.69) is 91.2 Å². The average molecular weight is 408 g/mol. The first-order valence-electron chi connectivity index (χ1n) is 11.4. The molecule has 0 spiro atoms. The number of hydrogen-bond acceptors (Lipinski definition) is 2. The van der Waals surface area contributed by atoms with Gasteiger partial charge in [0, 0.05) is 35.2 Å². The molecular formula is C29H29NO. The van der Waals surface area contributed by atoms with Crippen molar-refractivity contribution in [3.63, 3.8) is 0 Å². The molecule has 1 fully saturated rings. The molecule has 1 saturated heterocycles. The first-order chi connectivity index (χ1) is 15.2. The van der Waals surface area contributed by atoms with Gasteiger partial charge in [0.2, 0.25) is 0 Å². The Labute approximate surface area is 185 Å². The molecule has 2 aliphatic heterocycles. The van der Waals surface area contributed by atoms with Crippen molar-refractivity contribution in [2.24, 2.45) is 5.92 Å². The predicted octanol–water partition coefficient (Wildman–Crippen LogP) is 6.84. The summed E-state index contributed by atoms with van der Waals surface area (Å²) in [5.41, 5.74) is 5.97. The molecule has 3 aliphatic rings. The number of benzene rings is 2. The summed E-state index contributed by atoms with van der Waals surface area (Å²) in [5, 5.41) is 2.47. The van der Waals surface area contributed by atoms with Crippen LogP contribution >= 0.6 is 0 Å². The molecule has 31 heavy (non-hydrogen) atoms. The van der Waals surface area contributed by atoms with E-state index in [4.69, 9.17) is 0 Å². The van der Waals surface area contributed by atoms with Crippen LogP contribution in [0.3, 0.4) is 0 Å². The highest BCUT2D eigenvalue weighted by Crippen LogP contribution is 2.46. The Morgan fingerprint density at radius 2 is 1.90 bits per heavy atom. The maximum Gasteiger partial charge on any atom is 0.159 e. The Morgan fingerprint density at radius 1 is 1.10 bits per heavy atom. The van der Waals surface area contributed by atoms with Crippen LogP contribution in [0.4, 0.5) is 0 Å². The van der Waals surface area contributed by atoms with E-state index in [1.807, 2.05) is 0 Å². The van der Waals surface area contributed by atoms with E-state index < -0.39 is 0 Å². The highest BCUT2D eigenvalue weighted by atomic mass is 16.1. The van der Waals surface area contributed by atoms with Gasteiger partial charge in [-0.05, 0) is 41.3 Å². The molecule has 5 rings (SSSR count). The maximum atomic E-state index is 13.3. The molecule has 0 aromatic heterocycles. The summed E-state index contributed by atoms with van der Waals surface area (Å²) in [6, 6.07) is 15.1. The zero-order chi connectivity index (χ0) is 21.4. The van der Waals surface area contributed by atoms with Crippen LogP contribution < -0.4 is 0 Å². The van der Waals surface area contributed by atoms with Crippen LogP contribution in [0.1, 0.15) is 44.1 Å². The van der Waals surface area contributed by atoms with E-state index in [1.165, 1.54) is 33.3 Å². The third-order valence-corrected chi connectivity index (χ3v) is 6.74. The van der Waals surface area contributed by atoms with Crippen LogP contribution in [-0.2, 0) is 4.79 Å². The topological polar surface area (TPSA) is 20.1 Å². The van der Waals surface area contributed by atoms with E-state index in [0.29, 0.717) is 12.2 Å². The maximum absolute atomic E-state index is 13.3. The number of rotatable bonds is 6. The van der Waals surface area contributed by atoms with Gasteiger partial charge in [0.1, 0.15) is 0 Å². The molecule has 2 heterocycles. The Balaban J connectivity index is 1.54. The van der Waals surface area contributed by atoms with E-state index in [9.17, 15) is 4.79 Å². The average Bonchev–Trinajstić information content (AvgIpc) is 3.57. The quantitative estimate of drug-likeness (QED) is 0.386. The molecule has 2 heteroatoms. The van der Waals surface area contributed by atoms with Crippen LogP contribution in [0, 0.1) is 5.92 Å². The van der Waals surface area contributed by atoms with Crippen LogP contribution in [-0.4, -0.2) is 17.2 Å². The van der Waals surface area contributed by atoms with Gasteiger partial charge >= 0.3 is 0 Å². The van der Waals surface area contributed by atoms with Crippen molar-refractivity contribution in [2.75, 3.05) is 6.54 Å². The molecule has 0 radical (unpaired) electrons. The lowest BCUT2D eigenvalue weighted by Gasteiger charge is -2.32. The van der Waals surface area contributed by atoms with Gasteiger partial charge < -0.3 is 4.90 Å². The van der Waals surface area contributed by atoms with Crippen molar-refractivity contribution in [3.8, 4) is 0 Å². The van der Waals surface area contributed by atoms with Gasteiger partial charge in [-0.25, -0.2) is 0 Å². The van der Waals surface area contributed by atoms with E-state index in [-0.39, 0.29) is 11.8 Å². The first-order valence-corrected chi connectivity index (χ1v) is 11.4. The largest absolute Gasteiger partial charge is 0.340 e. The summed E-state index contributed by atoms with van der Waals surface area (Å²) in [4.78, 5) is 15.7. The van der Waals surface area contributed by atoms with Crippen LogP contribution in [0.5, 0.6) is 0 Å². The second-order valence-electron chi connectivity index (χ2n) is 8.87. The van der Waals surface area contributed by atoms with Crippen LogP contribution in [0.25, 0.3) is 10.8 Å². The van der Waals surface area contributed by atoms with Crippen molar-refractivity contribution in [1.82, 2.24) is 4.90 Å². The summed E-state index contributed by atoms with van der Waals surface area (Å²) in [7, 11) is 0. The highest BCUT2D eigenvalue weighted by Gasteiger charge is 2.39. The Morgan fingerprint density at radius 3 is 2.74 bits per heavy atom. The molecule has 0 N–H and O–H groups in total. The molecule has 0 amide bonds. The standard InChI is InChI=1S/C29H29NO/c1-3-4-13-29(31)27-18-25(23-15-14-21-9-5-6-10-22(21)17-23)20(2)16-26(27)28-12-8-7-11-24-19-30(24)28/h5-12,14-15,17-18,25-26H,2-4,13,16,19H2,1H3. The fourth-order valence-corrected chi connectivity index (χ4v) is 4.92. The SMILES string of the molecule is C=C1CC(C2=CC=CC=C3CN32)C(C(=O)CCCC)=CC1c1ccc2ccccc2c1. The molecule has 0 bridgehead atoms. The molecular weight excluding hydrogens is 378 g/mol. The van der Waals surface area contributed by atoms with Gasteiger partial charge in [-0.1, -0.05) is 86.2 Å². The number of nitrogens with zero attached hydrogens (tertiary/aromatic N) is 1. The van der Waals surface area contributed by atoms with Gasteiger partial charge in [-0.3, -0.25) is 4.79 Å². The molecule has 2 aromatic carbocycles. The molecule has 2 unspecified atom stereocenters. The third kappa shape index (κ3) is 3.83. The Hall–Kier alpha value is -3.13. The minimum Gasteiger partial charge on any atom is -0.340 e. The summed E-state index contributed by atoms with van der Waals surface area (Å²) in [5.74, 6) is 0.487. The second-order valence-corrected chi connectivity index (χ2v) is 8.87. The number of fused-ring (bicyclic) bond motifs is 2. The van der Waals surface area contributed by atoms with E-state index in [0.717, 1.165) is 31.4 Å². The molecule has 2 nitrogen and oxygen atoms in total. The van der Waals surface area contributed by atoms with Crippen molar-refractivity contribution < 1.29 is 4.79 Å². The summed E-state index contributed by atoms with van der Waals surface area (Å²) in [6.45, 7) is 7.60. The number of allylic oxidation sites excluding steroid dienone is 7. The van der Waals surface area contributed by atoms with E-state index >= 15 is 0 Å². The monoisotopic (exact) mass is 407 g/mol. The van der Waals surface area contributed by atoms with E-state index in [1.54, 1.807) is 0 Å². The molecule has 0 saturated carbocycles. The summed E-state index contributed by atoms with van der Waals surface area (Å²) in [6.07, 6.45) is 14.2. The molecule has 156 valence electrons. The lowest BCUT2D eigenvalue weighted by Crippen LogP contribution is -2.25. The fraction of sp³-hybridized carbons (Fsp3) is 0.276. The summed E-state index contributed by atoms with van der Waals surface area (Å²) >= 11 is 0. The van der Waals surface area contributed by atoms with Crippen molar-refractivity contribution in [3.05, 3.63) is 108 Å². The van der Waals surface area contributed by atoms with Gasteiger partial charge in [0.25, 0.3) is 0 Å². The Bertz CT molecular complexity index is 1180. The van der Waals surface area contributed by atoms with Gasteiger partial charge in [-0.15, -0.1) is 0 Å². The van der Waals surface area contributed by atoms with Gasteiger partial charge in [0.05, 0.1) is 6.54 Å². The fourth-order valence-electron chi connectivity index (χ4n) is 4.92.